The Morgan fingerprint density at radius 3 is 1.25 bits per heavy atom. The van der Waals surface area contributed by atoms with Crippen LogP contribution in [0.3, 0.4) is 0 Å². The fourth-order valence-electron chi connectivity index (χ4n) is 6.72. The van der Waals surface area contributed by atoms with E-state index in [1.54, 1.807) is 6.08 Å². The second-order valence-corrected chi connectivity index (χ2v) is 15.3. The van der Waals surface area contributed by atoms with Crippen LogP contribution in [0.5, 0.6) is 0 Å². The summed E-state index contributed by atoms with van der Waals surface area (Å²) in [6.07, 6.45) is 51.4. The number of allylic oxidation sites excluding steroid dienone is 5. The molecule has 3 atom stereocenters. The molecule has 4 N–H and O–H groups in total. The number of hydrogen-bond acceptors (Lipinski definition) is 4. The molecule has 300 valence electrons. The fraction of sp³-hybridized carbons (Fsp3) is 0.848. The van der Waals surface area contributed by atoms with Crippen LogP contribution in [0.25, 0.3) is 0 Å². The van der Waals surface area contributed by atoms with Crippen LogP contribution >= 0.6 is 0 Å². The molecule has 0 fully saturated rings. The zero-order valence-electron chi connectivity index (χ0n) is 34.0. The number of rotatable bonds is 40. The summed E-state index contributed by atoms with van der Waals surface area (Å²) < 4.78 is 0. The molecule has 0 saturated carbocycles. The maximum atomic E-state index is 12.4. The number of nitrogens with one attached hydrogen (secondary N) is 1. The molecule has 0 aromatic rings. The first-order valence-corrected chi connectivity index (χ1v) is 22.3. The average molecular weight is 718 g/mol. The van der Waals surface area contributed by atoms with Gasteiger partial charge >= 0.3 is 0 Å². The van der Waals surface area contributed by atoms with E-state index in [0.717, 1.165) is 38.5 Å². The summed E-state index contributed by atoms with van der Waals surface area (Å²) in [5.41, 5.74) is 0. The van der Waals surface area contributed by atoms with Crippen molar-refractivity contribution >= 4 is 5.91 Å². The van der Waals surface area contributed by atoms with Crippen molar-refractivity contribution in [3.8, 4) is 0 Å². The molecule has 0 heterocycles. The fourth-order valence-corrected chi connectivity index (χ4v) is 6.72. The Morgan fingerprint density at radius 2 is 0.843 bits per heavy atom. The largest absolute Gasteiger partial charge is 0.394 e. The number of aliphatic hydroxyl groups excluding tert-OH is 3. The van der Waals surface area contributed by atoms with E-state index in [9.17, 15) is 20.1 Å². The van der Waals surface area contributed by atoms with Crippen LogP contribution in [0.2, 0.25) is 0 Å². The smallest absolute Gasteiger partial charge is 0.222 e. The summed E-state index contributed by atoms with van der Waals surface area (Å²) in [5, 5.41) is 33.2. The Hall–Kier alpha value is -1.43. The summed E-state index contributed by atoms with van der Waals surface area (Å²) in [6, 6.07) is -0.765. The molecule has 51 heavy (non-hydrogen) atoms. The molecule has 0 bridgehead atoms. The van der Waals surface area contributed by atoms with Gasteiger partial charge in [-0.3, -0.25) is 4.79 Å². The number of carbonyl (C=O) groups excluding carboxylic acids is 1. The van der Waals surface area contributed by atoms with Crippen molar-refractivity contribution in [1.29, 1.82) is 0 Å². The minimum absolute atomic E-state index is 0.00505. The van der Waals surface area contributed by atoms with Gasteiger partial charge in [0.15, 0.2) is 0 Å². The molecule has 5 nitrogen and oxygen atoms in total. The first-order chi connectivity index (χ1) is 25.0. The van der Waals surface area contributed by atoms with Gasteiger partial charge in [0.2, 0.25) is 5.91 Å². The van der Waals surface area contributed by atoms with Gasteiger partial charge in [-0.1, -0.05) is 211 Å². The lowest BCUT2D eigenvalue weighted by molar-refractivity contribution is -0.124. The van der Waals surface area contributed by atoms with Gasteiger partial charge in [-0.15, -0.1) is 0 Å². The molecule has 0 saturated heterocycles. The molecule has 0 aromatic heterocycles. The van der Waals surface area contributed by atoms with Gasteiger partial charge in [0.05, 0.1) is 31.3 Å². The normalized spacial score (nSPS) is 13.9. The maximum Gasteiger partial charge on any atom is 0.222 e. The summed E-state index contributed by atoms with van der Waals surface area (Å²) in [4.78, 5) is 12.4. The predicted molar refractivity (Wildman–Crippen MR) is 222 cm³/mol. The van der Waals surface area contributed by atoms with Crippen LogP contribution in [-0.4, -0.2) is 46.1 Å². The average Bonchev–Trinajstić information content (AvgIpc) is 3.12. The van der Waals surface area contributed by atoms with Crippen molar-refractivity contribution in [2.45, 2.75) is 244 Å². The number of carbonyl (C=O) groups is 1. The highest BCUT2D eigenvalue weighted by Gasteiger charge is 2.20. The van der Waals surface area contributed by atoms with Crippen molar-refractivity contribution < 1.29 is 20.1 Å². The van der Waals surface area contributed by atoms with Gasteiger partial charge in [-0.25, -0.2) is 0 Å². The predicted octanol–water partition coefficient (Wildman–Crippen LogP) is 12.8. The summed E-state index contributed by atoms with van der Waals surface area (Å²) >= 11 is 0. The van der Waals surface area contributed by atoms with E-state index >= 15 is 0 Å². The lowest BCUT2D eigenvalue weighted by Gasteiger charge is -2.21. The lowest BCUT2D eigenvalue weighted by Crippen LogP contribution is -2.45. The van der Waals surface area contributed by atoms with Crippen molar-refractivity contribution in [3.63, 3.8) is 0 Å². The third-order valence-electron chi connectivity index (χ3n) is 10.2. The maximum absolute atomic E-state index is 12.4. The van der Waals surface area contributed by atoms with Gasteiger partial charge in [-0.05, 0) is 44.9 Å². The summed E-state index contributed by atoms with van der Waals surface area (Å²) in [5.74, 6) is -0.328. The second kappa shape index (κ2) is 41.3. The highest BCUT2D eigenvalue weighted by atomic mass is 16.3. The van der Waals surface area contributed by atoms with Crippen molar-refractivity contribution in [2.24, 2.45) is 0 Å². The molecule has 0 aliphatic heterocycles. The second-order valence-electron chi connectivity index (χ2n) is 15.3. The highest BCUT2D eigenvalue weighted by Crippen LogP contribution is 2.16. The van der Waals surface area contributed by atoms with E-state index in [1.807, 2.05) is 6.08 Å². The molecule has 0 aliphatic rings. The lowest BCUT2D eigenvalue weighted by atomic mass is 10.0. The Kier molecular flexibility index (Phi) is 40.2. The first kappa shape index (κ1) is 49.6. The minimum atomic E-state index is -0.957. The monoisotopic (exact) mass is 718 g/mol. The topological polar surface area (TPSA) is 89.8 Å². The van der Waals surface area contributed by atoms with Crippen LogP contribution < -0.4 is 5.32 Å². The Morgan fingerprint density at radius 1 is 0.490 bits per heavy atom. The molecular formula is C46H87NO4. The van der Waals surface area contributed by atoms with Crippen molar-refractivity contribution in [2.75, 3.05) is 6.61 Å². The Labute approximate surface area is 317 Å². The van der Waals surface area contributed by atoms with E-state index in [-0.39, 0.29) is 18.9 Å². The van der Waals surface area contributed by atoms with Gasteiger partial charge in [0, 0.05) is 0 Å². The standard InChI is InChI=1S/C46H87NO4/c1-3-5-7-9-11-13-15-17-19-21-22-24-25-27-29-31-33-35-37-39-43(49)41-46(51)47-44(42-48)45(50)40-38-36-34-32-30-28-26-23-20-18-16-14-12-10-8-6-4-2/h20,23,30,32,38,40,43-45,48-50H,3-19,21-22,24-29,31,33-37,39,41-42H2,1-2H3,(H,47,51)/b23-20+,32-30+,40-38+. The molecule has 0 spiro atoms. The van der Waals surface area contributed by atoms with Crippen LogP contribution in [-0.2, 0) is 4.79 Å². The van der Waals surface area contributed by atoms with E-state index in [4.69, 9.17) is 0 Å². The molecule has 3 unspecified atom stereocenters. The van der Waals surface area contributed by atoms with E-state index in [2.05, 4.69) is 43.5 Å². The summed E-state index contributed by atoms with van der Waals surface area (Å²) in [6.45, 7) is 4.20. The Bertz CT molecular complexity index is 794. The van der Waals surface area contributed by atoms with Gasteiger partial charge in [-0.2, -0.15) is 0 Å². The van der Waals surface area contributed by atoms with E-state index < -0.39 is 18.2 Å². The number of amides is 1. The van der Waals surface area contributed by atoms with Crippen LogP contribution in [0.15, 0.2) is 36.5 Å². The SMILES string of the molecule is CCCCCCCCC/C=C/CC/C=C/CC/C=C/C(O)C(CO)NC(=O)CC(O)CCCCCCCCCCCCCCCCCCCCC. The third-order valence-corrected chi connectivity index (χ3v) is 10.2. The molecule has 0 aliphatic carbocycles. The molecular weight excluding hydrogens is 631 g/mol. The van der Waals surface area contributed by atoms with Crippen molar-refractivity contribution in [1.82, 2.24) is 5.32 Å². The molecule has 0 rings (SSSR count). The molecule has 0 radical (unpaired) electrons. The molecule has 1 amide bonds. The van der Waals surface area contributed by atoms with Crippen LogP contribution in [0.4, 0.5) is 0 Å². The number of hydrogen-bond donors (Lipinski definition) is 4. The quantitative estimate of drug-likeness (QED) is 0.0375. The summed E-state index contributed by atoms with van der Waals surface area (Å²) in [7, 11) is 0. The van der Waals surface area contributed by atoms with Crippen LogP contribution in [0, 0.1) is 0 Å². The van der Waals surface area contributed by atoms with E-state index in [1.165, 1.54) is 161 Å². The van der Waals surface area contributed by atoms with Gasteiger partial charge in [0.1, 0.15) is 0 Å². The van der Waals surface area contributed by atoms with Crippen molar-refractivity contribution in [3.05, 3.63) is 36.5 Å². The third kappa shape index (κ3) is 38.1. The highest BCUT2D eigenvalue weighted by molar-refractivity contribution is 5.76. The van der Waals surface area contributed by atoms with E-state index in [0.29, 0.717) is 6.42 Å². The minimum Gasteiger partial charge on any atom is -0.394 e. The zero-order valence-corrected chi connectivity index (χ0v) is 34.0. The van der Waals surface area contributed by atoms with Gasteiger partial charge in [0.25, 0.3) is 0 Å². The number of aliphatic hydroxyl groups is 3. The molecule has 5 heteroatoms. The van der Waals surface area contributed by atoms with Crippen LogP contribution in [0.1, 0.15) is 226 Å². The zero-order chi connectivity index (χ0) is 37.3. The number of unbranched alkanes of at least 4 members (excludes halogenated alkanes) is 27. The molecule has 0 aromatic carbocycles. The van der Waals surface area contributed by atoms with Gasteiger partial charge < -0.3 is 20.6 Å². The first-order valence-electron chi connectivity index (χ1n) is 22.3. The Balaban J connectivity index is 3.71.